The number of amides is 1. The maximum atomic E-state index is 13.2. The summed E-state index contributed by atoms with van der Waals surface area (Å²) in [5, 5.41) is 10.2. The zero-order chi connectivity index (χ0) is 17.9. The van der Waals surface area contributed by atoms with Gasteiger partial charge in [-0.15, -0.1) is 0 Å². The second kappa shape index (κ2) is 7.81. The van der Waals surface area contributed by atoms with Gasteiger partial charge in [0.2, 0.25) is 5.91 Å². The minimum absolute atomic E-state index is 0.0515. The summed E-state index contributed by atoms with van der Waals surface area (Å²) in [4.78, 5) is 14.3. The molecule has 0 aromatic heterocycles. The predicted molar refractivity (Wildman–Crippen MR) is 92.4 cm³/mol. The number of nitrogens with two attached hydrogens (primary N) is 1. The van der Waals surface area contributed by atoms with Crippen LogP contribution in [0.1, 0.15) is 31.2 Å². The molecule has 1 amide bonds. The number of aliphatic hydroxyl groups excluding tert-OH is 1. The number of ether oxygens (including phenoxy) is 1. The summed E-state index contributed by atoms with van der Waals surface area (Å²) >= 11 is 0. The van der Waals surface area contributed by atoms with Crippen molar-refractivity contribution in [1.29, 1.82) is 0 Å². The lowest BCUT2D eigenvalue weighted by molar-refractivity contribution is -0.210. The van der Waals surface area contributed by atoms with Crippen LogP contribution in [0.25, 0.3) is 0 Å². The van der Waals surface area contributed by atoms with E-state index in [0.717, 1.165) is 18.4 Å². The van der Waals surface area contributed by atoms with Crippen LogP contribution in [0.2, 0.25) is 0 Å². The highest BCUT2D eigenvalue weighted by Crippen LogP contribution is 2.50. The van der Waals surface area contributed by atoms with E-state index in [1.54, 1.807) is 6.07 Å². The van der Waals surface area contributed by atoms with Gasteiger partial charge in [0, 0.05) is 37.9 Å². The summed E-state index contributed by atoms with van der Waals surface area (Å²) in [5.74, 6) is -0.181. The Kier molecular flexibility index (Phi) is 5.71. The lowest BCUT2D eigenvalue weighted by Gasteiger charge is -2.56. The summed E-state index contributed by atoms with van der Waals surface area (Å²) in [5.41, 5.74) is 6.12. The maximum absolute atomic E-state index is 13.2. The van der Waals surface area contributed by atoms with Crippen molar-refractivity contribution in [1.82, 2.24) is 4.90 Å². The summed E-state index contributed by atoms with van der Waals surface area (Å²) < 4.78 is 19.0. The Bertz CT molecular complexity index is 602. The summed E-state index contributed by atoms with van der Waals surface area (Å²) in [6, 6.07) is 6.38. The minimum atomic E-state index is -0.347. The predicted octanol–water partition coefficient (Wildman–Crippen LogP) is 1.48. The number of likely N-dealkylation sites (tertiary alicyclic amines) is 1. The molecular weight excluding hydrogens is 323 g/mol. The number of carbonyl (C=O) groups is 1. The highest BCUT2D eigenvalue weighted by molar-refractivity contribution is 5.76. The van der Waals surface area contributed by atoms with E-state index in [0.29, 0.717) is 45.5 Å². The molecular formula is C19H27FN2O3. The van der Waals surface area contributed by atoms with E-state index in [2.05, 4.69) is 0 Å². The van der Waals surface area contributed by atoms with Crippen molar-refractivity contribution in [3.05, 3.63) is 35.6 Å². The third-order valence-electron chi connectivity index (χ3n) is 5.74. The van der Waals surface area contributed by atoms with Gasteiger partial charge in [-0.3, -0.25) is 4.79 Å². The minimum Gasteiger partial charge on any atom is -0.392 e. The number of carbonyl (C=O) groups excluding carboxylic acids is 1. The Morgan fingerprint density at radius 1 is 1.40 bits per heavy atom. The van der Waals surface area contributed by atoms with Gasteiger partial charge in [0.05, 0.1) is 18.8 Å². The number of piperidine rings is 1. The molecule has 1 spiro atoms. The molecule has 3 N–H and O–H groups in total. The van der Waals surface area contributed by atoms with Crippen molar-refractivity contribution in [2.75, 3.05) is 26.2 Å². The first-order valence-corrected chi connectivity index (χ1v) is 9.07. The molecule has 5 nitrogen and oxygen atoms in total. The standard InChI is InChI=1S/C19H27FN2O3/c20-15-3-1-2-14(12-15)4-5-18(24)22-9-6-19(7-10-22)16(23)13-17(19)25-11-8-21/h1-3,12,16-17,23H,4-11,13,21H2/t16-,17+/m0/s1. The first-order valence-electron chi connectivity index (χ1n) is 9.07. The Labute approximate surface area is 147 Å². The topological polar surface area (TPSA) is 75.8 Å². The SMILES string of the molecule is NCCO[C@@H]1C[C@H](O)C12CCN(C(=O)CCc1cccc(F)c1)CC2. The highest BCUT2D eigenvalue weighted by Gasteiger charge is 2.56. The van der Waals surface area contributed by atoms with Crippen molar-refractivity contribution < 1.29 is 19.0 Å². The molecule has 1 aliphatic heterocycles. The van der Waals surface area contributed by atoms with Crippen LogP contribution < -0.4 is 5.73 Å². The number of benzene rings is 1. The number of hydrogen-bond acceptors (Lipinski definition) is 4. The van der Waals surface area contributed by atoms with Gasteiger partial charge in [-0.05, 0) is 37.0 Å². The lowest BCUT2D eigenvalue weighted by Crippen LogP contribution is -2.62. The van der Waals surface area contributed by atoms with Gasteiger partial charge >= 0.3 is 0 Å². The number of halogens is 1. The van der Waals surface area contributed by atoms with E-state index in [1.807, 2.05) is 11.0 Å². The van der Waals surface area contributed by atoms with Gasteiger partial charge in [0.15, 0.2) is 0 Å². The maximum Gasteiger partial charge on any atom is 0.222 e. The van der Waals surface area contributed by atoms with E-state index in [4.69, 9.17) is 10.5 Å². The Hall–Kier alpha value is -1.50. The van der Waals surface area contributed by atoms with Crippen LogP contribution in [0.3, 0.4) is 0 Å². The highest BCUT2D eigenvalue weighted by atomic mass is 19.1. The zero-order valence-corrected chi connectivity index (χ0v) is 14.5. The van der Waals surface area contributed by atoms with Crippen molar-refractivity contribution in [2.45, 2.75) is 44.3 Å². The van der Waals surface area contributed by atoms with Crippen LogP contribution in [-0.2, 0) is 16.0 Å². The first kappa shape index (κ1) is 18.3. The van der Waals surface area contributed by atoms with E-state index in [9.17, 15) is 14.3 Å². The van der Waals surface area contributed by atoms with Gasteiger partial charge in [-0.1, -0.05) is 12.1 Å². The third kappa shape index (κ3) is 3.86. The average Bonchev–Trinajstić information content (AvgIpc) is 2.63. The van der Waals surface area contributed by atoms with Gasteiger partial charge in [-0.25, -0.2) is 4.39 Å². The fourth-order valence-electron chi connectivity index (χ4n) is 4.10. The molecule has 0 bridgehead atoms. The van der Waals surface area contributed by atoms with E-state index < -0.39 is 0 Å². The fourth-order valence-corrected chi connectivity index (χ4v) is 4.10. The molecule has 3 rings (SSSR count). The molecule has 138 valence electrons. The Balaban J connectivity index is 1.49. The number of rotatable bonds is 6. The van der Waals surface area contributed by atoms with E-state index >= 15 is 0 Å². The van der Waals surface area contributed by atoms with Gasteiger partial charge in [-0.2, -0.15) is 0 Å². The van der Waals surface area contributed by atoms with Crippen LogP contribution >= 0.6 is 0 Å². The van der Waals surface area contributed by atoms with Crippen molar-refractivity contribution in [3.63, 3.8) is 0 Å². The second-order valence-corrected chi connectivity index (χ2v) is 7.14. The summed E-state index contributed by atoms with van der Waals surface area (Å²) in [7, 11) is 0. The molecule has 1 heterocycles. The van der Waals surface area contributed by atoms with Crippen LogP contribution in [-0.4, -0.2) is 54.4 Å². The Morgan fingerprint density at radius 3 is 2.80 bits per heavy atom. The molecule has 2 aliphatic rings. The summed E-state index contributed by atoms with van der Waals surface area (Å²) in [6.07, 6.45) is 2.81. The van der Waals surface area contributed by atoms with Crippen LogP contribution in [0.4, 0.5) is 4.39 Å². The first-order chi connectivity index (χ1) is 12.0. The number of aryl methyl sites for hydroxylation is 1. The van der Waals surface area contributed by atoms with Crippen LogP contribution in [0.15, 0.2) is 24.3 Å². The van der Waals surface area contributed by atoms with Crippen molar-refractivity contribution in [3.8, 4) is 0 Å². The molecule has 1 aliphatic carbocycles. The average molecular weight is 350 g/mol. The monoisotopic (exact) mass is 350 g/mol. The second-order valence-electron chi connectivity index (χ2n) is 7.14. The van der Waals surface area contributed by atoms with Crippen LogP contribution in [0, 0.1) is 11.2 Å². The quantitative estimate of drug-likeness (QED) is 0.815. The number of hydrogen-bond donors (Lipinski definition) is 2. The molecule has 25 heavy (non-hydrogen) atoms. The number of aliphatic hydroxyl groups is 1. The molecule has 1 aromatic carbocycles. The molecule has 2 fully saturated rings. The molecule has 0 unspecified atom stereocenters. The Morgan fingerprint density at radius 2 is 2.16 bits per heavy atom. The molecule has 0 radical (unpaired) electrons. The zero-order valence-electron chi connectivity index (χ0n) is 14.5. The van der Waals surface area contributed by atoms with Crippen molar-refractivity contribution >= 4 is 5.91 Å². The van der Waals surface area contributed by atoms with Gasteiger partial charge in [0.1, 0.15) is 5.82 Å². The molecule has 1 saturated heterocycles. The smallest absolute Gasteiger partial charge is 0.222 e. The normalized spacial score (nSPS) is 25.0. The third-order valence-corrected chi connectivity index (χ3v) is 5.74. The van der Waals surface area contributed by atoms with Crippen LogP contribution in [0.5, 0.6) is 0 Å². The lowest BCUT2D eigenvalue weighted by atomic mass is 9.58. The van der Waals surface area contributed by atoms with Gasteiger partial charge < -0.3 is 20.5 Å². The molecule has 6 heteroatoms. The number of nitrogens with zero attached hydrogens (tertiary/aromatic N) is 1. The van der Waals surface area contributed by atoms with E-state index in [-0.39, 0.29) is 29.3 Å². The van der Waals surface area contributed by atoms with Crippen molar-refractivity contribution in [2.24, 2.45) is 11.1 Å². The van der Waals surface area contributed by atoms with E-state index in [1.165, 1.54) is 12.1 Å². The largest absolute Gasteiger partial charge is 0.392 e. The fraction of sp³-hybridized carbons (Fsp3) is 0.632. The van der Waals surface area contributed by atoms with Gasteiger partial charge in [0.25, 0.3) is 0 Å². The molecule has 1 aromatic rings. The summed E-state index contributed by atoms with van der Waals surface area (Å²) in [6.45, 7) is 2.27. The molecule has 2 atom stereocenters. The molecule has 1 saturated carbocycles.